The average molecular weight is 290 g/mol. The lowest BCUT2D eigenvalue weighted by atomic mass is 10.0. The molecule has 5 heteroatoms. The first-order valence-electron chi connectivity index (χ1n) is 7.56. The third kappa shape index (κ3) is 5.79. The number of nitrogens with zero attached hydrogens (tertiary/aromatic N) is 1. The molecule has 0 aromatic carbocycles. The normalized spacial score (nSPS) is 21.5. The highest BCUT2D eigenvalue weighted by Crippen LogP contribution is 2.15. The maximum Gasteiger partial charge on any atom is 0.214 e. The van der Waals surface area contributed by atoms with Gasteiger partial charge in [0.1, 0.15) is 0 Å². The first-order valence-corrected chi connectivity index (χ1v) is 9.16. The SMILES string of the molecule is CC(C)CN(C(C)C)S(=O)(=O)CCC1CCCCN1. The van der Waals surface area contributed by atoms with Crippen LogP contribution in [0.5, 0.6) is 0 Å². The molecule has 0 spiro atoms. The van der Waals surface area contributed by atoms with E-state index in [-0.39, 0.29) is 11.8 Å². The van der Waals surface area contributed by atoms with Gasteiger partial charge in [-0.15, -0.1) is 0 Å². The molecule has 1 rings (SSSR count). The Morgan fingerprint density at radius 3 is 2.37 bits per heavy atom. The van der Waals surface area contributed by atoms with Crippen LogP contribution >= 0.6 is 0 Å². The minimum Gasteiger partial charge on any atom is -0.314 e. The molecule has 0 radical (unpaired) electrons. The van der Waals surface area contributed by atoms with E-state index in [1.165, 1.54) is 12.8 Å². The van der Waals surface area contributed by atoms with Gasteiger partial charge in [-0.1, -0.05) is 20.3 Å². The molecule has 1 heterocycles. The third-order valence-electron chi connectivity index (χ3n) is 3.62. The Labute approximate surface area is 119 Å². The van der Waals surface area contributed by atoms with Crippen LogP contribution in [0.3, 0.4) is 0 Å². The molecule has 0 aromatic rings. The predicted molar refractivity (Wildman–Crippen MR) is 80.7 cm³/mol. The minimum absolute atomic E-state index is 0.0479. The molecule has 0 aromatic heterocycles. The standard InChI is InChI=1S/C14H30N2O2S/c1-12(2)11-16(13(3)4)19(17,18)10-8-14-7-5-6-9-15-14/h12-15H,5-11H2,1-4H3. The van der Waals surface area contributed by atoms with Gasteiger partial charge in [-0.05, 0) is 45.6 Å². The van der Waals surface area contributed by atoms with Crippen molar-refractivity contribution >= 4 is 10.0 Å². The molecule has 1 fully saturated rings. The second-order valence-corrected chi connectivity index (χ2v) is 8.35. The lowest BCUT2D eigenvalue weighted by Gasteiger charge is -2.29. The molecule has 0 bridgehead atoms. The average Bonchev–Trinajstić information content (AvgIpc) is 2.34. The number of sulfonamides is 1. The summed E-state index contributed by atoms with van der Waals surface area (Å²) in [5.74, 6) is 0.639. The van der Waals surface area contributed by atoms with E-state index in [0.717, 1.165) is 19.4 Å². The lowest BCUT2D eigenvalue weighted by molar-refractivity contribution is 0.316. The van der Waals surface area contributed by atoms with E-state index in [2.05, 4.69) is 19.2 Å². The van der Waals surface area contributed by atoms with Gasteiger partial charge >= 0.3 is 0 Å². The van der Waals surface area contributed by atoms with E-state index in [9.17, 15) is 8.42 Å². The minimum atomic E-state index is -3.12. The van der Waals surface area contributed by atoms with Crippen LogP contribution in [0, 0.1) is 5.92 Å². The summed E-state index contributed by atoms with van der Waals surface area (Å²) in [4.78, 5) is 0. The van der Waals surface area contributed by atoms with E-state index in [4.69, 9.17) is 0 Å². The number of rotatable bonds is 7. The highest BCUT2D eigenvalue weighted by molar-refractivity contribution is 7.89. The molecule has 114 valence electrons. The van der Waals surface area contributed by atoms with Gasteiger partial charge < -0.3 is 5.32 Å². The van der Waals surface area contributed by atoms with E-state index < -0.39 is 10.0 Å². The summed E-state index contributed by atoms with van der Waals surface area (Å²) in [5.41, 5.74) is 0. The van der Waals surface area contributed by atoms with Gasteiger partial charge in [-0.2, -0.15) is 4.31 Å². The molecule has 1 unspecified atom stereocenters. The topological polar surface area (TPSA) is 49.4 Å². The molecule has 0 amide bonds. The Bertz CT molecular complexity index is 346. The summed E-state index contributed by atoms with van der Waals surface area (Å²) >= 11 is 0. The lowest BCUT2D eigenvalue weighted by Crippen LogP contribution is -2.42. The molecular formula is C14H30N2O2S. The first kappa shape index (κ1) is 16.9. The van der Waals surface area contributed by atoms with Crippen molar-refractivity contribution in [3.05, 3.63) is 0 Å². The van der Waals surface area contributed by atoms with Gasteiger partial charge in [0.2, 0.25) is 10.0 Å². The van der Waals surface area contributed by atoms with Crippen molar-refractivity contribution in [3.8, 4) is 0 Å². The zero-order chi connectivity index (χ0) is 14.5. The Morgan fingerprint density at radius 1 is 1.21 bits per heavy atom. The number of nitrogens with one attached hydrogen (secondary N) is 1. The van der Waals surface area contributed by atoms with Crippen molar-refractivity contribution < 1.29 is 8.42 Å². The van der Waals surface area contributed by atoms with Gasteiger partial charge in [0.25, 0.3) is 0 Å². The van der Waals surface area contributed by atoms with Gasteiger partial charge in [0, 0.05) is 18.6 Å². The zero-order valence-corrected chi connectivity index (χ0v) is 13.7. The fraction of sp³-hybridized carbons (Fsp3) is 1.00. The van der Waals surface area contributed by atoms with E-state index in [1.807, 2.05) is 13.8 Å². The molecule has 0 aliphatic carbocycles. The molecule has 4 nitrogen and oxygen atoms in total. The van der Waals surface area contributed by atoms with Crippen LogP contribution in [0.15, 0.2) is 0 Å². The fourth-order valence-electron chi connectivity index (χ4n) is 2.58. The smallest absolute Gasteiger partial charge is 0.214 e. The number of piperidine rings is 1. The molecule has 1 saturated heterocycles. The van der Waals surface area contributed by atoms with Crippen LogP contribution in [0.4, 0.5) is 0 Å². The van der Waals surface area contributed by atoms with E-state index in [1.54, 1.807) is 4.31 Å². The Balaban J connectivity index is 2.55. The molecule has 1 atom stereocenters. The summed E-state index contributed by atoms with van der Waals surface area (Å²) < 4.78 is 26.6. The molecule has 0 saturated carbocycles. The number of hydrogen-bond donors (Lipinski definition) is 1. The van der Waals surface area contributed by atoms with Crippen molar-refractivity contribution in [2.75, 3.05) is 18.8 Å². The van der Waals surface area contributed by atoms with Crippen molar-refractivity contribution in [3.63, 3.8) is 0 Å². The highest BCUT2D eigenvalue weighted by Gasteiger charge is 2.26. The second-order valence-electron chi connectivity index (χ2n) is 6.31. The summed E-state index contributed by atoms with van der Waals surface area (Å²) in [6.07, 6.45) is 4.29. The van der Waals surface area contributed by atoms with Crippen LogP contribution in [0.2, 0.25) is 0 Å². The maximum absolute atomic E-state index is 12.4. The van der Waals surface area contributed by atoms with Crippen molar-refractivity contribution in [2.24, 2.45) is 5.92 Å². The van der Waals surface area contributed by atoms with Crippen LogP contribution in [0.1, 0.15) is 53.4 Å². The first-order chi connectivity index (χ1) is 8.83. The van der Waals surface area contributed by atoms with Crippen molar-refractivity contribution in [1.82, 2.24) is 9.62 Å². The highest BCUT2D eigenvalue weighted by atomic mass is 32.2. The molecule has 19 heavy (non-hydrogen) atoms. The molecule has 1 aliphatic heterocycles. The summed E-state index contributed by atoms with van der Waals surface area (Å²) in [6.45, 7) is 9.70. The third-order valence-corrected chi connectivity index (χ3v) is 5.65. The fourth-order valence-corrected chi connectivity index (χ4v) is 4.57. The van der Waals surface area contributed by atoms with Crippen LogP contribution in [-0.4, -0.2) is 43.6 Å². The Hall–Kier alpha value is -0.130. The monoisotopic (exact) mass is 290 g/mol. The van der Waals surface area contributed by atoms with Gasteiger partial charge in [0.05, 0.1) is 5.75 Å². The molecule has 1 N–H and O–H groups in total. The van der Waals surface area contributed by atoms with E-state index in [0.29, 0.717) is 18.5 Å². The summed E-state index contributed by atoms with van der Waals surface area (Å²) in [7, 11) is -3.12. The zero-order valence-electron chi connectivity index (χ0n) is 12.9. The maximum atomic E-state index is 12.4. The summed E-state index contributed by atoms with van der Waals surface area (Å²) in [5, 5.41) is 3.42. The van der Waals surface area contributed by atoms with Crippen molar-refractivity contribution in [2.45, 2.75) is 65.5 Å². The Morgan fingerprint density at radius 2 is 1.89 bits per heavy atom. The van der Waals surface area contributed by atoms with Crippen LogP contribution in [0.25, 0.3) is 0 Å². The predicted octanol–water partition coefficient (Wildman–Crippen LogP) is 2.21. The second kappa shape index (κ2) is 7.60. The van der Waals surface area contributed by atoms with Crippen LogP contribution < -0.4 is 5.32 Å². The summed E-state index contributed by atoms with van der Waals surface area (Å²) in [6, 6.07) is 0.434. The van der Waals surface area contributed by atoms with Crippen molar-refractivity contribution in [1.29, 1.82) is 0 Å². The van der Waals surface area contributed by atoms with Gasteiger partial charge in [-0.3, -0.25) is 0 Å². The van der Waals surface area contributed by atoms with Gasteiger partial charge in [-0.25, -0.2) is 8.42 Å². The van der Waals surface area contributed by atoms with Crippen LogP contribution in [-0.2, 0) is 10.0 Å². The largest absolute Gasteiger partial charge is 0.314 e. The quantitative estimate of drug-likeness (QED) is 0.782. The Kier molecular flexibility index (Phi) is 6.77. The number of hydrogen-bond acceptors (Lipinski definition) is 3. The molecule has 1 aliphatic rings. The van der Waals surface area contributed by atoms with Gasteiger partial charge in [0.15, 0.2) is 0 Å². The molecular weight excluding hydrogens is 260 g/mol. The van der Waals surface area contributed by atoms with E-state index >= 15 is 0 Å².